The lowest BCUT2D eigenvalue weighted by Crippen LogP contribution is -2.14. The highest BCUT2D eigenvalue weighted by atomic mass is 16.5. The number of rotatable bonds is 8. The second-order valence-corrected chi connectivity index (χ2v) is 8.19. The zero-order chi connectivity index (χ0) is 23.5. The average molecular weight is 447 g/mol. The van der Waals surface area contributed by atoms with Crippen LogP contribution in [0.5, 0.6) is 11.5 Å². The topological polar surface area (TPSA) is 100 Å². The van der Waals surface area contributed by atoms with E-state index in [1.54, 1.807) is 18.9 Å². The van der Waals surface area contributed by atoms with Crippen molar-refractivity contribution < 1.29 is 9.47 Å². The zero-order valence-electron chi connectivity index (χ0n) is 19.7. The van der Waals surface area contributed by atoms with Crippen LogP contribution in [0.3, 0.4) is 0 Å². The third kappa shape index (κ3) is 4.47. The molecule has 4 aromatic rings. The highest BCUT2D eigenvalue weighted by Gasteiger charge is 2.20. The summed E-state index contributed by atoms with van der Waals surface area (Å²) in [5.41, 5.74) is 12.9. The van der Waals surface area contributed by atoms with Crippen molar-refractivity contribution in [2.75, 3.05) is 32.6 Å². The summed E-state index contributed by atoms with van der Waals surface area (Å²) in [6, 6.07) is 9.84. The van der Waals surface area contributed by atoms with E-state index in [0.29, 0.717) is 24.6 Å². The number of nitrogens with two attached hydrogens (primary N) is 1. The number of fused-ring (bicyclic) bond motifs is 1. The van der Waals surface area contributed by atoms with Crippen LogP contribution in [0.4, 0.5) is 5.69 Å². The lowest BCUT2D eigenvalue weighted by atomic mass is 9.98. The number of ether oxygens (including phenoxy) is 2. The molecular weight excluding hydrogens is 416 g/mol. The summed E-state index contributed by atoms with van der Waals surface area (Å²) in [6.45, 7) is 5.39. The molecule has 0 amide bonds. The van der Waals surface area contributed by atoms with Gasteiger partial charge >= 0.3 is 0 Å². The maximum absolute atomic E-state index is 5.78. The van der Waals surface area contributed by atoms with E-state index >= 15 is 0 Å². The van der Waals surface area contributed by atoms with Crippen molar-refractivity contribution in [1.82, 2.24) is 19.7 Å². The molecule has 0 saturated heterocycles. The molecule has 0 aliphatic rings. The van der Waals surface area contributed by atoms with Crippen molar-refractivity contribution in [3.8, 4) is 33.9 Å². The minimum atomic E-state index is 0.201. The number of anilines is 1. The predicted molar refractivity (Wildman–Crippen MR) is 132 cm³/mol. The van der Waals surface area contributed by atoms with Crippen LogP contribution in [0.25, 0.3) is 33.4 Å². The van der Waals surface area contributed by atoms with Gasteiger partial charge in [0.15, 0.2) is 0 Å². The molecule has 3 N–H and O–H groups in total. The first-order valence-electron chi connectivity index (χ1n) is 11.0. The Balaban J connectivity index is 2.06. The second-order valence-electron chi connectivity index (χ2n) is 8.19. The number of aromatic nitrogens is 4. The molecule has 8 nitrogen and oxygen atoms in total. The Morgan fingerprint density at radius 3 is 2.33 bits per heavy atom. The van der Waals surface area contributed by atoms with E-state index in [0.717, 1.165) is 44.8 Å². The summed E-state index contributed by atoms with van der Waals surface area (Å²) in [5, 5.41) is 7.79. The number of nitrogens with one attached hydrogen (secondary N) is 1. The summed E-state index contributed by atoms with van der Waals surface area (Å²) in [7, 11) is 5.19. The maximum Gasteiger partial charge on any atom is 0.123 e. The Morgan fingerprint density at radius 2 is 1.76 bits per heavy atom. The van der Waals surface area contributed by atoms with Gasteiger partial charge in [-0.15, -0.1) is 0 Å². The number of methoxy groups -OCH3 is 2. The van der Waals surface area contributed by atoms with Crippen LogP contribution in [0.1, 0.15) is 25.5 Å². The third-order valence-electron chi connectivity index (χ3n) is 5.49. The van der Waals surface area contributed by atoms with Gasteiger partial charge in [-0.2, -0.15) is 5.10 Å². The number of aryl methyl sites for hydroxylation is 1. The Labute approximate surface area is 193 Å². The van der Waals surface area contributed by atoms with Gasteiger partial charge in [0, 0.05) is 49.2 Å². The van der Waals surface area contributed by atoms with Gasteiger partial charge in [-0.05, 0) is 35.7 Å². The van der Waals surface area contributed by atoms with Gasteiger partial charge in [0.25, 0.3) is 0 Å². The van der Waals surface area contributed by atoms with E-state index < -0.39 is 0 Å². The van der Waals surface area contributed by atoms with Crippen LogP contribution in [-0.4, -0.2) is 47.1 Å². The molecule has 2 aromatic carbocycles. The SMILES string of the molecule is COc1cc(OC)cc(-c2c(NCCN)ccc3nc(C(C)C)c(-c4cnn(C)c4)nc23)c1. The van der Waals surface area contributed by atoms with E-state index in [9.17, 15) is 0 Å². The van der Waals surface area contributed by atoms with Crippen LogP contribution in [0, 0.1) is 0 Å². The fourth-order valence-corrected chi connectivity index (χ4v) is 3.89. The molecule has 4 rings (SSSR count). The second kappa shape index (κ2) is 9.46. The van der Waals surface area contributed by atoms with Crippen molar-refractivity contribution in [1.29, 1.82) is 0 Å². The summed E-state index contributed by atoms with van der Waals surface area (Å²) < 4.78 is 12.8. The van der Waals surface area contributed by atoms with E-state index in [4.69, 9.17) is 25.2 Å². The zero-order valence-corrected chi connectivity index (χ0v) is 19.7. The minimum absolute atomic E-state index is 0.201. The Hall–Kier alpha value is -3.65. The van der Waals surface area contributed by atoms with Gasteiger partial charge in [-0.3, -0.25) is 4.68 Å². The molecule has 0 unspecified atom stereocenters. The molecule has 2 heterocycles. The number of benzene rings is 2. The van der Waals surface area contributed by atoms with E-state index in [1.165, 1.54) is 0 Å². The van der Waals surface area contributed by atoms with Crippen molar-refractivity contribution >= 4 is 16.7 Å². The number of hydrogen-bond acceptors (Lipinski definition) is 7. The lowest BCUT2D eigenvalue weighted by molar-refractivity contribution is 0.394. The molecule has 0 spiro atoms. The highest BCUT2D eigenvalue weighted by molar-refractivity contribution is 6.00. The monoisotopic (exact) mass is 446 g/mol. The van der Waals surface area contributed by atoms with E-state index in [2.05, 4.69) is 24.3 Å². The fourth-order valence-electron chi connectivity index (χ4n) is 3.89. The molecule has 0 bridgehead atoms. The predicted octanol–water partition coefficient (Wildman–Crippen LogP) is 4.21. The van der Waals surface area contributed by atoms with Crippen LogP contribution in [0.15, 0.2) is 42.7 Å². The van der Waals surface area contributed by atoms with Crippen LogP contribution in [-0.2, 0) is 7.05 Å². The molecule has 33 heavy (non-hydrogen) atoms. The third-order valence-corrected chi connectivity index (χ3v) is 5.49. The van der Waals surface area contributed by atoms with Crippen LogP contribution in [0.2, 0.25) is 0 Å². The molecule has 172 valence electrons. The average Bonchev–Trinajstić information content (AvgIpc) is 3.26. The van der Waals surface area contributed by atoms with Gasteiger partial charge in [-0.1, -0.05) is 13.8 Å². The van der Waals surface area contributed by atoms with Gasteiger partial charge in [-0.25, -0.2) is 9.97 Å². The van der Waals surface area contributed by atoms with Gasteiger partial charge < -0.3 is 20.5 Å². The normalized spacial score (nSPS) is 11.2. The quantitative estimate of drug-likeness (QED) is 0.418. The Kier molecular flexibility index (Phi) is 6.46. The lowest BCUT2D eigenvalue weighted by Gasteiger charge is -2.18. The molecule has 0 atom stereocenters. The fraction of sp³-hybridized carbons (Fsp3) is 0.320. The summed E-state index contributed by atoms with van der Waals surface area (Å²) in [5.74, 6) is 1.60. The van der Waals surface area contributed by atoms with Gasteiger partial charge in [0.1, 0.15) is 11.5 Å². The van der Waals surface area contributed by atoms with Crippen molar-refractivity contribution in [3.63, 3.8) is 0 Å². The molecule has 0 radical (unpaired) electrons. The van der Waals surface area contributed by atoms with Gasteiger partial charge in [0.2, 0.25) is 0 Å². The minimum Gasteiger partial charge on any atom is -0.497 e. The van der Waals surface area contributed by atoms with Crippen LogP contribution >= 0.6 is 0 Å². The maximum atomic E-state index is 5.78. The van der Waals surface area contributed by atoms with Crippen molar-refractivity contribution in [2.24, 2.45) is 12.8 Å². The summed E-state index contributed by atoms with van der Waals surface area (Å²) >= 11 is 0. The van der Waals surface area contributed by atoms with E-state index in [-0.39, 0.29) is 5.92 Å². The van der Waals surface area contributed by atoms with Crippen molar-refractivity contribution in [3.05, 3.63) is 48.4 Å². The number of hydrogen-bond donors (Lipinski definition) is 2. The molecule has 8 heteroatoms. The number of nitrogens with zero attached hydrogens (tertiary/aromatic N) is 4. The molecule has 0 fully saturated rings. The first-order valence-corrected chi connectivity index (χ1v) is 11.0. The Morgan fingerprint density at radius 1 is 1.03 bits per heavy atom. The molecule has 2 aromatic heterocycles. The molecule has 0 aliphatic heterocycles. The Bertz CT molecular complexity index is 1260. The first-order chi connectivity index (χ1) is 15.9. The molecular formula is C25H30N6O2. The summed E-state index contributed by atoms with van der Waals surface area (Å²) in [4.78, 5) is 10.2. The van der Waals surface area contributed by atoms with Crippen LogP contribution < -0.4 is 20.5 Å². The highest BCUT2D eigenvalue weighted by Crippen LogP contribution is 2.39. The summed E-state index contributed by atoms with van der Waals surface area (Å²) in [6.07, 6.45) is 3.79. The molecule has 0 aliphatic carbocycles. The van der Waals surface area contributed by atoms with Crippen molar-refractivity contribution in [2.45, 2.75) is 19.8 Å². The van der Waals surface area contributed by atoms with E-state index in [1.807, 2.05) is 49.8 Å². The van der Waals surface area contributed by atoms with Gasteiger partial charge in [0.05, 0.1) is 42.8 Å². The standard InChI is InChI=1S/C25H30N6O2/c1-15(2)23-24(17-13-28-31(3)14-17)30-25-21(29-23)7-6-20(27-9-8-26)22(25)16-10-18(32-4)12-19(11-16)33-5/h6-7,10-15,27H,8-9,26H2,1-5H3. The largest absolute Gasteiger partial charge is 0.497 e. The smallest absolute Gasteiger partial charge is 0.123 e. The first kappa shape index (κ1) is 22.5. The molecule has 0 saturated carbocycles.